The van der Waals surface area contributed by atoms with Gasteiger partial charge < -0.3 is 5.11 Å². The Hall–Kier alpha value is 0.270. The monoisotopic (exact) mass is 215 g/mol. The van der Waals surface area contributed by atoms with E-state index in [2.05, 4.69) is 4.90 Å². The molecule has 0 amide bonds. The zero-order valence-corrected chi connectivity index (χ0v) is 9.64. The largest absolute Gasteiger partial charge is 0.391 e. The second-order valence-electron chi connectivity index (χ2n) is 4.42. The highest BCUT2D eigenvalue weighted by molar-refractivity contribution is 7.99. The van der Waals surface area contributed by atoms with Gasteiger partial charge in [-0.25, -0.2) is 0 Å². The van der Waals surface area contributed by atoms with Crippen LogP contribution in [-0.2, 0) is 0 Å². The van der Waals surface area contributed by atoms with E-state index in [-0.39, 0.29) is 6.10 Å². The van der Waals surface area contributed by atoms with Crippen LogP contribution in [0.1, 0.15) is 32.1 Å². The van der Waals surface area contributed by atoms with Crippen LogP contribution in [0.15, 0.2) is 0 Å². The molecule has 0 spiro atoms. The maximum absolute atomic E-state index is 10.1. The van der Waals surface area contributed by atoms with Gasteiger partial charge in [0.1, 0.15) is 0 Å². The van der Waals surface area contributed by atoms with Crippen LogP contribution in [0.3, 0.4) is 0 Å². The van der Waals surface area contributed by atoms with Gasteiger partial charge in [0.15, 0.2) is 0 Å². The van der Waals surface area contributed by atoms with E-state index in [0.29, 0.717) is 6.04 Å². The van der Waals surface area contributed by atoms with Crippen molar-refractivity contribution in [3.05, 3.63) is 0 Å². The Morgan fingerprint density at radius 1 is 1.00 bits per heavy atom. The maximum Gasteiger partial charge on any atom is 0.0695 e. The van der Waals surface area contributed by atoms with Gasteiger partial charge in [-0.3, -0.25) is 4.90 Å². The van der Waals surface area contributed by atoms with E-state index >= 15 is 0 Å². The third-order valence-corrected chi connectivity index (χ3v) is 4.40. The van der Waals surface area contributed by atoms with Gasteiger partial charge in [0.25, 0.3) is 0 Å². The molecule has 1 saturated carbocycles. The topological polar surface area (TPSA) is 23.5 Å². The molecule has 2 aliphatic rings. The van der Waals surface area contributed by atoms with Crippen molar-refractivity contribution in [3.8, 4) is 0 Å². The normalized spacial score (nSPS) is 36.6. The highest BCUT2D eigenvalue weighted by Gasteiger charge is 2.28. The van der Waals surface area contributed by atoms with E-state index in [4.69, 9.17) is 0 Å². The first-order chi connectivity index (χ1) is 6.88. The standard InChI is InChI=1S/C11H21NOS/c13-11-5-3-1-2-4-10(11)12-6-8-14-9-7-12/h10-11,13H,1-9H2. The quantitative estimate of drug-likeness (QED) is 0.674. The smallest absolute Gasteiger partial charge is 0.0695 e. The van der Waals surface area contributed by atoms with Gasteiger partial charge in [-0.2, -0.15) is 11.8 Å². The molecule has 1 saturated heterocycles. The summed E-state index contributed by atoms with van der Waals surface area (Å²) in [4.78, 5) is 2.52. The second kappa shape index (κ2) is 5.38. The summed E-state index contributed by atoms with van der Waals surface area (Å²) in [7, 11) is 0. The molecule has 2 rings (SSSR count). The summed E-state index contributed by atoms with van der Waals surface area (Å²) >= 11 is 2.05. The molecule has 2 unspecified atom stereocenters. The Morgan fingerprint density at radius 2 is 1.71 bits per heavy atom. The zero-order valence-electron chi connectivity index (χ0n) is 8.82. The molecule has 1 aliphatic heterocycles. The Kier molecular flexibility index (Phi) is 4.14. The summed E-state index contributed by atoms with van der Waals surface area (Å²) in [6, 6.07) is 0.471. The molecule has 2 fully saturated rings. The Labute approximate surface area is 91.1 Å². The third-order valence-electron chi connectivity index (χ3n) is 3.46. The predicted molar refractivity (Wildman–Crippen MR) is 61.8 cm³/mol. The van der Waals surface area contributed by atoms with E-state index in [1.165, 1.54) is 50.3 Å². The molecule has 0 aromatic carbocycles. The number of thioether (sulfide) groups is 1. The molecule has 0 aromatic rings. The molecule has 0 aromatic heterocycles. The molecule has 1 aliphatic carbocycles. The van der Waals surface area contributed by atoms with Crippen molar-refractivity contribution in [3.63, 3.8) is 0 Å². The van der Waals surface area contributed by atoms with E-state index in [0.717, 1.165) is 6.42 Å². The summed E-state index contributed by atoms with van der Waals surface area (Å²) in [5, 5.41) is 10.1. The van der Waals surface area contributed by atoms with Gasteiger partial charge in [-0.05, 0) is 12.8 Å². The van der Waals surface area contributed by atoms with Crippen LogP contribution >= 0.6 is 11.8 Å². The zero-order chi connectivity index (χ0) is 9.80. The minimum Gasteiger partial charge on any atom is -0.391 e. The van der Waals surface area contributed by atoms with Crippen LogP contribution in [0.2, 0.25) is 0 Å². The van der Waals surface area contributed by atoms with Crippen LogP contribution < -0.4 is 0 Å². The molecule has 14 heavy (non-hydrogen) atoms. The summed E-state index contributed by atoms with van der Waals surface area (Å²) in [6.07, 6.45) is 6.03. The van der Waals surface area contributed by atoms with E-state index < -0.39 is 0 Å². The van der Waals surface area contributed by atoms with Crippen LogP contribution in [0.5, 0.6) is 0 Å². The van der Waals surface area contributed by atoms with Gasteiger partial charge in [0.2, 0.25) is 0 Å². The summed E-state index contributed by atoms with van der Waals surface area (Å²) in [5.74, 6) is 2.51. The molecule has 3 heteroatoms. The first-order valence-corrected chi connectivity index (χ1v) is 7.03. The molecule has 0 bridgehead atoms. The second-order valence-corrected chi connectivity index (χ2v) is 5.65. The predicted octanol–water partition coefficient (Wildman–Crippen LogP) is 1.73. The van der Waals surface area contributed by atoms with Gasteiger partial charge in [-0.1, -0.05) is 19.3 Å². The summed E-state index contributed by atoms with van der Waals surface area (Å²) in [6.45, 7) is 2.37. The average molecular weight is 215 g/mol. The molecule has 1 N–H and O–H groups in total. The van der Waals surface area contributed by atoms with E-state index in [9.17, 15) is 5.11 Å². The lowest BCUT2D eigenvalue weighted by Gasteiger charge is -2.36. The highest BCUT2D eigenvalue weighted by Crippen LogP contribution is 2.24. The molecule has 0 radical (unpaired) electrons. The van der Waals surface area contributed by atoms with E-state index in [1.807, 2.05) is 11.8 Å². The minimum atomic E-state index is -0.0550. The lowest BCUT2D eigenvalue weighted by Crippen LogP contribution is -2.47. The SMILES string of the molecule is OC1CCCCCC1N1CCSCC1. The van der Waals surface area contributed by atoms with E-state index in [1.54, 1.807) is 0 Å². The highest BCUT2D eigenvalue weighted by atomic mass is 32.2. The molecule has 1 heterocycles. The van der Waals surface area contributed by atoms with Crippen molar-refractivity contribution in [2.75, 3.05) is 24.6 Å². The molecular formula is C11H21NOS. The summed E-state index contributed by atoms with van der Waals surface area (Å²) < 4.78 is 0. The van der Waals surface area contributed by atoms with Crippen molar-refractivity contribution in [1.82, 2.24) is 4.90 Å². The fourth-order valence-electron chi connectivity index (χ4n) is 2.60. The lowest BCUT2D eigenvalue weighted by molar-refractivity contribution is 0.0494. The number of rotatable bonds is 1. The molecule has 2 atom stereocenters. The summed E-state index contributed by atoms with van der Waals surface area (Å²) in [5.41, 5.74) is 0. The van der Waals surface area contributed by atoms with Gasteiger partial charge in [0, 0.05) is 30.6 Å². The van der Waals surface area contributed by atoms with Gasteiger partial charge in [-0.15, -0.1) is 0 Å². The van der Waals surface area contributed by atoms with Crippen LogP contribution in [0.25, 0.3) is 0 Å². The fourth-order valence-corrected chi connectivity index (χ4v) is 3.53. The van der Waals surface area contributed by atoms with Crippen molar-refractivity contribution in [1.29, 1.82) is 0 Å². The van der Waals surface area contributed by atoms with Crippen LogP contribution in [0, 0.1) is 0 Å². The van der Waals surface area contributed by atoms with Gasteiger partial charge in [0.05, 0.1) is 6.10 Å². The lowest BCUT2D eigenvalue weighted by atomic mass is 10.0. The Morgan fingerprint density at radius 3 is 2.50 bits per heavy atom. The average Bonchev–Trinajstić information content (AvgIpc) is 2.44. The van der Waals surface area contributed by atoms with Crippen LogP contribution in [-0.4, -0.2) is 46.7 Å². The Bertz CT molecular complexity index is 171. The first-order valence-electron chi connectivity index (χ1n) is 5.88. The van der Waals surface area contributed by atoms with Gasteiger partial charge >= 0.3 is 0 Å². The number of nitrogens with zero attached hydrogens (tertiary/aromatic N) is 1. The number of hydrogen-bond acceptors (Lipinski definition) is 3. The van der Waals surface area contributed by atoms with Crippen molar-refractivity contribution in [2.24, 2.45) is 0 Å². The minimum absolute atomic E-state index is 0.0550. The third kappa shape index (κ3) is 2.65. The Balaban J connectivity index is 1.91. The number of aliphatic hydroxyl groups excluding tert-OH is 1. The fraction of sp³-hybridized carbons (Fsp3) is 1.00. The van der Waals surface area contributed by atoms with Crippen molar-refractivity contribution in [2.45, 2.75) is 44.2 Å². The first kappa shape index (κ1) is 10.8. The van der Waals surface area contributed by atoms with Crippen molar-refractivity contribution < 1.29 is 5.11 Å². The number of hydrogen-bond donors (Lipinski definition) is 1. The molecule has 82 valence electrons. The molecular weight excluding hydrogens is 194 g/mol. The van der Waals surface area contributed by atoms with Crippen LogP contribution in [0.4, 0.5) is 0 Å². The van der Waals surface area contributed by atoms with Crippen molar-refractivity contribution >= 4 is 11.8 Å². The maximum atomic E-state index is 10.1. The molecule has 2 nitrogen and oxygen atoms in total. The number of aliphatic hydroxyl groups is 1.